The van der Waals surface area contributed by atoms with Crippen LogP contribution >= 0.6 is 0 Å². The van der Waals surface area contributed by atoms with E-state index in [1.165, 1.54) is 0 Å². The summed E-state index contributed by atoms with van der Waals surface area (Å²) in [5, 5.41) is 13.7. The van der Waals surface area contributed by atoms with Crippen molar-refractivity contribution in [2.24, 2.45) is 7.05 Å². The number of carbonyl (C=O) groups excluding carboxylic acids is 1. The summed E-state index contributed by atoms with van der Waals surface area (Å²) < 4.78 is 1.76. The molecule has 0 saturated carbocycles. The molecule has 20 heavy (non-hydrogen) atoms. The number of anilines is 1. The molecule has 0 unspecified atom stereocenters. The molecule has 0 spiro atoms. The van der Waals surface area contributed by atoms with Crippen LogP contribution in [0.25, 0.3) is 0 Å². The highest BCUT2D eigenvalue weighted by atomic mass is 16.1. The number of nitrogens with one attached hydrogen (secondary N) is 2. The van der Waals surface area contributed by atoms with Crippen molar-refractivity contribution in [3.63, 3.8) is 0 Å². The van der Waals surface area contributed by atoms with Crippen LogP contribution in [0.4, 0.5) is 5.69 Å². The highest BCUT2D eigenvalue weighted by Gasteiger charge is 2.12. The Hall–Kier alpha value is -2.44. The number of aryl methyl sites for hydroxylation is 2. The second kappa shape index (κ2) is 6.14. The zero-order valence-corrected chi connectivity index (χ0v) is 11.8. The number of aromatic nitrogens is 4. The number of nitrogens with zero attached hydrogens (tertiary/aromatic N) is 4. The fraction of sp³-hybridized carbons (Fsp3) is 0.385. The molecule has 2 aromatic heterocycles. The highest BCUT2D eigenvalue weighted by molar-refractivity contribution is 5.99. The molecule has 2 N–H and O–H groups in total. The average molecular weight is 274 g/mol. The lowest BCUT2D eigenvalue weighted by atomic mass is 10.2. The molecule has 0 aliphatic carbocycles. The molecule has 7 nitrogen and oxygen atoms in total. The van der Waals surface area contributed by atoms with Gasteiger partial charge < -0.3 is 15.2 Å². The van der Waals surface area contributed by atoms with Crippen molar-refractivity contribution in [2.75, 3.05) is 11.9 Å². The zero-order valence-electron chi connectivity index (χ0n) is 11.8. The first kappa shape index (κ1) is 14.0. The lowest BCUT2D eigenvalue weighted by Gasteiger charge is -2.11. The normalized spacial score (nSPS) is 10.3. The van der Waals surface area contributed by atoms with E-state index in [2.05, 4.69) is 25.8 Å². The molecule has 2 aromatic rings. The maximum absolute atomic E-state index is 12.2. The van der Waals surface area contributed by atoms with Gasteiger partial charge in [0.25, 0.3) is 5.91 Å². The van der Waals surface area contributed by atoms with E-state index in [9.17, 15) is 4.79 Å². The molecule has 1 amide bonds. The molecule has 0 aliphatic rings. The molecule has 2 heterocycles. The summed E-state index contributed by atoms with van der Waals surface area (Å²) in [6, 6.07) is 1.86. The van der Waals surface area contributed by atoms with E-state index in [4.69, 9.17) is 0 Å². The summed E-state index contributed by atoms with van der Waals surface area (Å²) in [6.45, 7) is 4.95. The monoisotopic (exact) mass is 274 g/mol. The topological polar surface area (TPSA) is 84.7 Å². The third-order valence-corrected chi connectivity index (χ3v) is 2.86. The van der Waals surface area contributed by atoms with Crippen molar-refractivity contribution < 1.29 is 4.79 Å². The van der Waals surface area contributed by atoms with Crippen molar-refractivity contribution in [2.45, 2.75) is 20.4 Å². The van der Waals surface area contributed by atoms with Crippen LogP contribution in [-0.2, 0) is 13.6 Å². The summed E-state index contributed by atoms with van der Waals surface area (Å²) in [4.78, 5) is 16.4. The van der Waals surface area contributed by atoms with Crippen molar-refractivity contribution in [1.29, 1.82) is 0 Å². The zero-order chi connectivity index (χ0) is 14.5. The van der Waals surface area contributed by atoms with E-state index in [1.54, 1.807) is 17.1 Å². The van der Waals surface area contributed by atoms with E-state index >= 15 is 0 Å². The van der Waals surface area contributed by atoms with E-state index in [-0.39, 0.29) is 5.91 Å². The minimum atomic E-state index is -0.184. The van der Waals surface area contributed by atoms with Gasteiger partial charge in [-0.3, -0.25) is 9.78 Å². The number of pyridine rings is 1. The van der Waals surface area contributed by atoms with Gasteiger partial charge in [0.05, 0.1) is 17.8 Å². The van der Waals surface area contributed by atoms with Gasteiger partial charge in [-0.15, -0.1) is 10.2 Å². The number of amides is 1. The van der Waals surface area contributed by atoms with Crippen molar-refractivity contribution >= 4 is 11.6 Å². The summed E-state index contributed by atoms with van der Waals surface area (Å²) in [5.41, 5.74) is 2.18. The highest BCUT2D eigenvalue weighted by Crippen LogP contribution is 2.15. The molecule has 0 aromatic carbocycles. The Morgan fingerprint density at radius 1 is 1.45 bits per heavy atom. The predicted octanol–water partition coefficient (Wildman–Crippen LogP) is 0.880. The van der Waals surface area contributed by atoms with Crippen molar-refractivity contribution in [3.05, 3.63) is 35.7 Å². The van der Waals surface area contributed by atoms with Crippen LogP contribution in [0.3, 0.4) is 0 Å². The fourth-order valence-corrected chi connectivity index (χ4v) is 1.80. The van der Waals surface area contributed by atoms with Gasteiger partial charge in [0.2, 0.25) is 0 Å². The Balaban J connectivity index is 2.11. The molecule has 0 fully saturated rings. The molecule has 106 valence electrons. The number of carbonyl (C=O) groups is 1. The van der Waals surface area contributed by atoms with Crippen LogP contribution in [0.2, 0.25) is 0 Å². The molecule has 2 rings (SSSR count). The lowest BCUT2D eigenvalue weighted by molar-refractivity contribution is 0.0950. The maximum Gasteiger partial charge on any atom is 0.255 e. The van der Waals surface area contributed by atoms with Gasteiger partial charge >= 0.3 is 0 Å². The maximum atomic E-state index is 12.2. The third kappa shape index (κ3) is 3.11. The second-order valence-electron chi connectivity index (χ2n) is 4.44. The summed E-state index contributed by atoms with van der Waals surface area (Å²) >= 11 is 0. The van der Waals surface area contributed by atoms with Crippen LogP contribution in [0.5, 0.6) is 0 Å². The van der Waals surface area contributed by atoms with E-state index in [1.807, 2.05) is 27.0 Å². The van der Waals surface area contributed by atoms with Gasteiger partial charge in [-0.1, -0.05) is 0 Å². The number of rotatable bonds is 5. The van der Waals surface area contributed by atoms with Crippen LogP contribution in [0, 0.1) is 6.92 Å². The molecular formula is C13H18N6O. The molecule has 0 aliphatic heterocycles. The molecule has 0 bridgehead atoms. The Bertz CT molecular complexity index is 607. The van der Waals surface area contributed by atoms with E-state index < -0.39 is 0 Å². The van der Waals surface area contributed by atoms with Gasteiger partial charge in [0.15, 0.2) is 5.82 Å². The Labute approximate surface area is 117 Å². The number of hydrogen-bond donors (Lipinski definition) is 2. The van der Waals surface area contributed by atoms with Crippen LogP contribution in [-0.4, -0.2) is 32.2 Å². The molecule has 0 atom stereocenters. The van der Waals surface area contributed by atoms with Gasteiger partial charge in [0, 0.05) is 25.5 Å². The standard InChI is InChI=1S/C13H18N6O/c1-4-14-11-5-9(2)15-6-10(11)13(20)16-7-12-18-17-8-19(12)3/h5-6,8H,4,7H2,1-3H3,(H,14,15)(H,16,20). The van der Waals surface area contributed by atoms with Gasteiger partial charge in [-0.25, -0.2) is 0 Å². The summed E-state index contributed by atoms with van der Waals surface area (Å²) in [7, 11) is 1.83. The number of hydrogen-bond acceptors (Lipinski definition) is 5. The molecule has 0 saturated heterocycles. The molecule has 7 heteroatoms. The Kier molecular flexibility index (Phi) is 4.29. The smallest absolute Gasteiger partial charge is 0.255 e. The van der Waals surface area contributed by atoms with Crippen LogP contribution < -0.4 is 10.6 Å². The summed E-state index contributed by atoms with van der Waals surface area (Å²) in [6.07, 6.45) is 3.18. The van der Waals surface area contributed by atoms with Crippen molar-refractivity contribution in [1.82, 2.24) is 25.1 Å². The first-order valence-electron chi connectivity index (χ1n) is 6.43. The van der Waals surface area contributed by atoms with Gasteiger partial charge in [-0.2, -0.15) is 0 Å². The lowest BCUT2D eigenvalue weighted by Crippen LogP contribution is -2.25. The SMILES string of the molecule is CCNc1cc(C)ncc1C(=O)NCc1nncn1C. The van der Waals surface area contributed by atoms with E-state index in [0.717, 1.165) is 17.9 Å². The van der Waals surface area contributed by atoms with E-state index in [0.29, 0.717) is 17.9 Å². The predicted molar refractivity (Wildman–Crippen MR) is 75.3 cm³/mol. The largest absolute Gasteiger partial charge is 0.385 e. The summed E-state index contributed by atoms with van der Waals surface area (Å²) in [5.74, 6) is 0.514. The fourth-order valence-electron chi connectivity index (χ4n) is 1.80. The van der Waals surface area contributed by atoms with Crippen LogP contribution in [0.1, 0.15) is 28.8 Å². The first-order valence-corrected chi connectivity index (χ1v) is 6.43. The second-order valence-corrected chi connectivity index (χ2v) is 4.44. The Morgan fingerprint density at radius 3 is 2.90 bits per heavy atom. The first-order chi connectivity index (χ1) is 9.61. The third-order valence-electron chi connectivity index (χ3n) is 2.86. The minimum Gasteiger partial charge on any atom is -0.385 e. The average Bonchev–Trinajstić information content (AvgIpc) is 2.82. The van der Waals surface area contributed by atoms with Gasteiger partial charge in [-0.05, 0) is 19.9 Å². The molecular weight excluding hydrogens is 256 g/mol. The van der Waals surface area contributed by atoms with Crippen LogP contribution in [0.15, 0.2) is 18.6 Å². The molecule has 0 radical (unpaired) electrons. The minimum absolute atomic E-state index is 0.184. The van der Waals surface area contributed by atoms with Crippen molar-refractivity contribution in [3.8, 4) is 0 Å². The van der Waals surface area contributed by atoms with Gasteiger partial charge in [0.1, 0.15) is 6.33 Å². The Morgan fingerprint density at radius 2 is 2.25 bits per heavy atom. The quantitative estimate of drug-likeness (QED) is 0.845.